The van der Waals surface area contributed by atoms with Gasteiger partial charge in [-0.2, -0.15) is 0 Å². The number of ether oxygens (including phenoxy) is 2. The van der Waals surface area contributed by atoms with Gasteiger partial charge in [0.2, 0.25) is 0 Å². The van der Waals surface area contributed by atoms with Gasteiger partial charge in [0.15, 0.2) is 6.10 Å². The Hall–Kier alpha value is -2.07. The average Bonchev–Trinajstić information content (AvgIpc) is 3.46. The van der Waals surface area contributed by atoms with Gasteiger partial charge in [0.1, 0.15) is 18.5 Å². The van der Waals surface area contributed by atoms with Gasteiger partial charge in [-0.05, 0) is 57.8 Å². The van der Waals surface area contributed by atoms with Crippen LogP contribution in [0.1, 0.15) is 149 Å². The van der Waals surface area contributed by atoms with Crippen LogP contribution in [0.5, 0.6) is 0 Å². The van der Waals surface area contributed by atoms with Gasteiger partial charge in [0.25, 0.3) is 0 Å². The third kappa shape index (κ3) is 30.1. The minimum absolute atomic E-state index is 0.0528. The summed E-state index contributed by atoms with van der Waals surface area (Å²) < 4.78 is 47.7. The molecule has 348 valence electrons. The zero-order valence-corrected chi connectivity index (χ0v) is 37.6. The number of carbonyl (C=O) groups excluding carboxylic acids is 3. The van der Waals surface area contributed by atoms with Crippen LogP contribution in [0.3, 0.4) is 0 Å². The third-order valence-electron chi connectivity index (χ3n) is 9.87. The molecular weight excluding hydrogens is 822 g/mol. The Bertz CT molecular complexity index is 1360. The number of aliphatic hydroxyl groups excluding tert-OH is 3. The highest BCUT2D eigenvalue weighted by atomic mass is 31.2. The number of allylic oxidation sites excluding steroid dienone is 5. The van der Waals surface area contributed by atoms with Gasteiger partial charge in [-0.3, -0.25) is 28.0 Å². The first-order valence-electron chi connectivity index (χ1n) is 21.8. The predicted octanol–water partition coefficient (Wildman–Crippen LogP) is 7.48. The second-order valence-electron chi connectivity index (χ2n) is 15.4. The highest BCUT2D eigenvalue weighted by molar-refractivity contribution is 7.47. The fourth-order valence-electron chi connectivity index (χ4n) is 6.44. The van der Waals surface area contributed by atoms with Crippen LogP contribution in [0.4, 0.5) is 0 Å². The Morgan fingerprint density at radius 3 is 1.97 bits per heavy atom. The third-order valence-corrected chi connectivity index (χ3v) is 11.3. The van der Waals surface area contributed by atoms with Crippen LogP contribution >= 0.6 is 15.6 Å². The standard InChI is InChI=1S/C42H74O16P2/c1-3-5-7-8-9-10-11-12-13-14-15-16-21-25-41(47)54-32-36(33-57-60(52,53)56-31-35(44)30-55-59(49,50)51)58-42(48)26-22-18-17-20-24-37-38(40(46)29-39(37)45)28-27-34(43)23-19-6-4-2/h10-11,17,20,27-28,34-39,43-45H,3-9,12-16,18-19,21-26,29-33H2,1-2H3,(H,52,53)(H2,49,50,51)/b11-10-,20-17-,28-27+/t34-,35-,36+,37+,38+,39-/m0/s1. The minimum atomic E-state index is -4.90. The van der Waals surface area contributed by atoms with Crippen LogP contribution < -0.4 is 0 Å². The van der Waals surface area contributed by atoms with E-state index in [0.717, 1.165) is 57.8 Å². The van der Waals surface area contributed by atoms with Crippen LogP contribution in [0, 0.1) is 11.8 Å². The summed E-state index contributed by atoms with van der Waals surface area (Å²) in [6, 6.07) is 0. The van der Waals surface area contributed by atoms with E-state index in [4.69, 9.17) is 23.8 Å². The van der Waals surface area contributed by atoms with Crippen molar-refractivity contribution in [2.45, 2.75) is 173 Å². The molecule has 0 aromatic carbocycles. The molecular formula is C42H74O16P2. The first kappa shape index (κ1) is 55.9. The molecule has 0 aromatic rings. The minimum Gasteiger partial charge on any atom is -0.462 e. The molecule has 60 heavy (non-hydrogen) atoms. The van der Waals surface area contributed by atoms with Crippen molar-refractivity contribution in [1.82, 2.24) is 0 Å². The summed E-state index contributed by atoms with van der Waals surface area (Å²) in [4.78, 5) is 65.4. The van der Waals surface area contributed by atoms with Crippen molar-refractivity contribution in [2.24, 2.45) is 11.8 Å². The monoisotopic (exact) mass is 896 g/mol. The number of aliphatic hydroxyl groups is 3. The van der Waals surface area contributed by atoms with Gasteiger partial charge in [0, 0.05) is 31.1 Å². The quantitative estimate of drug-likeness (QED) is 0.0153. The van der Waals surface area contributed by atoms with Crippen molar-refractivity contribution in [1.29, 1.82) is 0 Å². The molecule has 1 saturated carbocycles. The lowest BCUT2D eigenvalue weighted by Gasteiger charge is -2.20. The van der Waals surface area contributed by atoms with E-state index in [2.05, 4.69) is 35.0 Å². The van der Waals surface area contributed by atoms with E-state index < -0.39 is 84.3 Å². The molecule has 1 aliphatic rings. The summed E-state index contributed by atoms with van der Waals surface area (Å²) >= 11 is 0. The number of Topliss-reactive ketones (excluding diaryl/α,β-unsaturated/α-hetero) is 1. The lowest BCUT2D eigenvalue weighted by atomic mass is 9.90. The van der Waals surface area contributed by atoms with Crippen LogP contribution in [-0.4, -0.2) is 98.6 Å². The molecule has 1 rings (SSSR count). The number of rotatable bonds is 37. The summed E-state index contributed by atoms with van der Waals surface area (Å²) in [7, 11) is -9.78. The molecule has 16 nitrogen and oxygen atoms in total. The van der Waals surface area contributed by atoms with Crippen molar-refractivity contribution < 1.29 is 76.6 Å². The lowest BCUT2D eigenvalue weighted by molar-refractivity contribution is -0.161. The summed E-state index contributed by atoms with van der Waals surface area (Å²) in [6.45, 7) is 1.31. The Morgan fingerprint density at radius 2 is 1.28 bits per heavy atom. The maximum atomic E-state index is 12.8. The van der Waals surface area contributed by atoms with Crippen LogP contribution in [0.15, 0.2) is 36.5 Å². The van der Waals surface area contributed by atoms with E-state index in [9.17, 15) is 43.7 Å². The molecule has 0 saturated heterocycles. The summed E-state index contributed by atoms with van der Waals surface area (Å²) in [5, 5.41) is 30.5. The van der Waals surface area contributed by atoms with Gasteiger partial charge in [0.05, 0.1) is 32.0 Å². The second-order valence-corrected chi connectivity index (χ2v) is 18.1. The van der Waals surface area contributed by atoms with Gasteiger partial charge in [-0.15, -0.1) is 0 Å². The van der Waals surface area contributed by atoms with Crippen molar-refractivity contribution in [3.8, 4) is 0 Å². The molecule has 0 radical (unpaired) electrons. The number of phosphoric acid groups is 2. The molecule has 0 aromatic heterocycles. The molecule has 0 aliphatic heterocycles. The van der Waals surface area contributed by atoms with E-state index >= 15 is 0 Å². The Morgan fingerprint density at radius 1 is 0.717 bits per heavy atom. The molecule has 7 atom stereocenters. The fourth-order valence-corrected chi connectivity index (χ4v) is 7.60. The average molecular weight is 897 g/mol. The SMILES string of the molecule is CCCCCC/C=C\CCCCCCCC(=O)OC[C@H](COP(=O)(O)OC[C@@H](O)COP(=O)(O)O)OC(=O)CCC/C=C\C[C@H]1[C@@H](O)CC(=O)[C@@H]1/C=C/[C@@H](O)CCCCC. The summed E-state index contributed by atoms with van der Waals surface area (Å²) in [5.41, 5.74) is 0. The number of carbonyl (C=O) groups is 3. The van der Waals surface area contributed by atoms with E-state index in [0.29, 0.717) is 32.1 Å². The fraction of sp³-hybridized carbons (Fsp3) is 0.786. The first-order chi connectivity index (χ1) is 28.6. The van der Waals surface area contributed by atoms with Crippen molar-refractivity contribution in [3.63, 3.8) is 0 Å². The zero-order valence-electron chi connectivity index (χ0n) is 35.8. The highest BCUT2D eigenvalue weighted by Gasteiger charge is 2.39. The van der Waals surface area contributed by atoms with Crippen LogP contribution in [0.25, 0.3) is 0 Å². The maximum Gasteiger partial charge on any atom is 0.472 e. The van der Waals surface area contributed by atoms with E-state index in [1.807, 2.05) is 12.2 Å². The molecule has 1 fully saturated rings. The summed E-state index contributed by atoms with van der Waals surface area (Å²) in [5.74, 6) is -2.13. The summed E-state index contributed by atoms with van der Waals surface area (Å²) in [6.07, 6.45) is 23.7. The molecule has 1 aliphatic carbocycles. The molecule has 0 spiro atoms. The predicted molar refractivity (Wildman–Crippen MR) is 226 cm³/mol. The van der Waals surface area contributed by atoms with Gasteiger partial charge >= 0.3 is 27.6 Å². The largest absolute Gasteiger partial charge is 0.472 e. The van der Waals surface area contributed by atoms with Gasteiger partial charge in [-0.1, -0.05) is 108 Å². The zero-order chi connectivity index (χ0) is 44.7. The van der Waals surface area contributed by atoms with Crippen molar-refractivity contribution in [3.05, 3.63) is 36.5 Å². The molecule has 1 unspecified atom stereocenters. The van der Waals surface area contributed by atoms with E-state index in [1.54, 1.807) is 12.2 Å². The van der Waals surface area contributed by atoms with E-state index in [1.165, 1.54) is 25.7 Å². The highest BCUT2D eigenvalue weighted by Crippen LogP contribution is 2.44. The maximum absolute atomic E-state index is 12.8. The Labute approximate surface area is 357 Å². The van der Waals surface area contributed by atoms with Crippen LogP contribution in [-0.2, 0) is 46.6 Å². The molecule has 0 bridgehead atoms. The molecule has 18 heteroatoms. The first-order valence-corrected chi connectivity index (χ1v) is 24.8. The topological polar surface area (TPSA) is 253 Å². The molecule has 0 amide bonds. The van der Waals surface area contributed by atoms with Gasteiger partial charge in [-0.25, -0.2) is 9.13 Å². The number of hydrogen-bond acceptors (Lipinski definition) is 13. The smallest absolute Gasteiger partial charge is 0.462 e. The van der Waals surface area contributed by atoms with Crippen molar-refractivity contribution >= 4 is 33.4 Å². The lowest BCUT2D eigenvalue weighted by Crippen LogP contribution is -2.29. The number of unbranched alkanes of at least 4 members (excludes halogenated alkanes) is 12. The Balaban J connectivity index is 2.61. The Kier molecular flexibility index (Phi) is 31.2. The number of ketones is 1. The second kappa shape index (κ2) is 33.5. The van der Waals surface area contributed by atoms with Crippen LogP contribution in [0.2, 0.25) is 0 Å². The van der Waals surface area contributed by atoms with Gasteiger partial charge < -0.3 is 39.5 Å². The molecule has 0 heterocycles. The normalized spacial score (nSPS) is 19.9. The molecule has 6 N–H and O–H groups in total. The number of esters is 2. The van der Waals surface area contributed by atoms with Crippen molar-refractivity contribution in [2.75, 3.05) is 26.4 Å². The number of phosphoric ester groups is 2. The van der Waals surface area contributed by atoms with E-state index in [-0.39, 0.29) is 31.0 Å². The number of hydrogen-bond donors (Lipinski definition) is 6.